The van der Waals surface area contributed by atoms with Crippen molar-refractivity contribution in [1.82, 2.24) is 14.5 Å². The number of imidazole rings is 1. The van der Waals surface area contributed by atoms with Gasteiger partial charge in [0.1, 0.15) is 5.82 Å². The Morgan fingerprint density at radius 1 is 1.50 bits per heavy atom. The van der Waals surface area contributed by atoms with Crippen molar-refractivity contribution in [3.63, 3.8) is 0 Å². The van der Waals surface area contributed by atoms with Gasteiger partial charge in [-0.25, -0.2) is 4.98 Å². The standard InChI is InChI=1S/C17H23N3O2/c1-11(21)9-14-5-4-8-20(14)17(22)13-6-7-16-15(10-13)18-12(2)19(16)3/h6-7,10-11,14,21H,4-5,8-9H2,1-3H3. The van der Waals surface area contributed by atoms with E-state index in [2.05, 4.69) is 4.98 Å². The number of nitrogens with zero attached hydrogens (tertiary/aromatic N) is 3. The van der Waals surface area contributed by atoms with Crippen LogP contribution in [0.3, 0.4) is 0 Å². The van der Waals surface area contributed by atoms with Gasteiger partial charge in [0.15, 0.2) is 0 Å². The summed E-state index contributed by atoms with van der Waals surface area (Å²) in [7, 11) is 1.98. The minimum absolute atomic E-state index is 0.0494. The third-order valence-corrected chi connectivity index (χ3v) is 4.60. The molecule has 1 fully saturated rings. The first kappa shape index (κ1) is 15.0. The van der Waals surface area contributed by atoms with Crippen molar-refractivity contribution in [2.45, 2.75) is 45.3 Å². The van der Waals surface area contributed by atoms with E-state index in [1.807, 2.05) is 41.6 Å². The zero-order chi connectivity index (χ0) is 15.9. The molecule has 0 radical (unpaired) electrons. The molecule has 2 atom stereocenters. The highest BCUT2D eigenvalue weighted by molar-refractivity contribution is 5.97. The Labute approximate surface area is 130 Å². The molecule has 0 saturated carbocycles. The van der Waals surface area contributed by atoms with Gasteiger partial charge in [-0.3, -0.25) is 4.79 Å². The SMILES string of the molecule is Cc1nc2cc(C(=O)N3CCCC3CC(C)O)ccc2n1C. The molecule has 1 saturated heterocycles. The molecular weight excluding hydrogens is 278 g/mol. The van der Waals surface area contributed by atoms with Crippen molar-refractivity contribution >= 4 is 16.9 Å². The summed E-state index contributed by atoms with van der Waals surface area (Å²) in [6, 6.07) is 5.86. The monoisotopic (exact) mass is 301 g/mol. The van der Waals surface area contributed by atoms with Gasteiger partial charge in [0.05, 0.1) is 17.1 Å². The van der Waals surface area contributed by atoms with Crippen molar-refractivity contribution in [3.8, 4) is 0 Å². The molecule has 5 nitrogen and oxygen atoms in total. The minimum atomic E-state index is -0.376. The second-order valence-corrected chi connectivity index (χ2v) is 6.30. The van der Waals surface area contributed by atoms with Crippen LogP contribution in [0, 0.1) is 6.92 Å². The molecule has 2 unspecified atom stereocenters. The number of aliphatic hydroxyl groups is 1. The summed E-state index contributed by atoms with van der Waals surface area (Å²) >= 11 is 0. The lowest BCUT2D eigenvalue weighted by Crippen LogP contribution is -2.37. The van der Waals surface area contributed by atoms with E-state index in [0.717, 1.165) is 36.2 Å². The maximum atomic E-state index is 12.8. The van der Waals surface area contributed by atoms with Crippen LogP contribution in [0.25, 0.3) is 11.0 Å². The number of aliphatic hydroxyl groups excluding tert-OH is 1. The van der Waals surface area contributed by atoms with Crippen LogP contribution in [0.15, 0.2) is 18.2 Å². The zero-order valence-corrected chi connectivity index (χ0v) is 13.4. The van der Waals surface area contributed by atoms with Crippen LogP contribution in [0.4, 0.5) is 0 Å². The van der Waals surface area contributed by atoms with Gasteiger partial charge in [-0.15, -0.1) is 0 Å². The van der Waals surface area contributed by atoms with E-state index >= 15 is 0 Å². The Morgan fingerprint density at radius 3 is 3.00 bits per heavy atom. The first-order chi connectivity index (χ1) is 10.5. The maximum Gasteiger partial charge on any atom is 0.254 e. The van der Waals surface area contributed by atoms with Crippen molar-refractivity contribution in [2.24, 2.45) is 7.05 Å². The van der Waals surface area contributed by atoms with E-state index in [0.29, 0.717) is 12.0 Å². The first-order valence-electron chi connectivity index (χ1n) is 7.89. The molecule has 118 valence electrons. The van der Waals surface area contributed by atoms with Crippen molar-refractivity contribution in [2.75, 3.05) is 6.54 Å². The van der Waals surface area contributed by atoms with Gasteiger partial charge in [0.25, 0.3) is 5.91 Å². The van der Waals surface area contributed by atoms with Gasteiger partial charge < -0.3 is 14.6 Å². The molecule has 1 aromatic carbocycles. The molecule has 0 spiro atoms. The number of fused-ring (bicyclic) bond motifs is 1. The van der Waals surface area contributed by atoms with Gasteiger partial charge in [0, 0.05) is 25.2 Å². The Balaban J connectivity index is 1.88. The van der Waals surface area contributed by atoms with E-state index in [4.69, 9.17) is 0 Å². The summed E-state index contributed by atoms with van der Waals surface area (Å²) in [5.41, 5.74) is 2.58. The molecule has 22 heavy (non-hydrogen) atoms. The normalized spacial score (nSPS) is 19.8. The highest BCUT2D eigenvalue weighted by Gasteiger charge is 2.30. The van der Waals surface area contributed by atoms with Gasteiger partial charge >= 0.3 is 0 Å². The lowest BCUT2D eigenvalue weighted by Gasteiger charge is -2.25. The summed E-state index contributed by atoms with van der Waals surface area (Å²) < 4.78 is 2.02. The molecule has 1 aliphatic heterocycles. The van der Waals surface area contributed by atoms with Crippen molar-refractivity contribution < 1.29 is 9.90 Å². The lowest BCUT2D eigenvalue weighted by atomic mass is 10.1. The van der Waals surface area contributed by atoms with Gasteiger partial charge in [-0.1, -0.05) is 0 Å². The van der Waals surface area contributed by atoms with E-state index in [9.17, 15) is 9.90 Å². The Morgan fingerprint density at radius 2 is 2.27 bits per heavy atom. The summed E-state index contributed by atoms with van der Waals surface area (Å²) in [5.74, 6) is 0.987. The number of rotatable bonds is 3. The van der Waals surface area contributed by atoms with E-state index in [-0.39, 0.29) is 18.1 Å². The van der Waals surface area contributed by atoms with E-state index in [1.165, 1.54) is 0 Å². The van der Waals surface area contributed by atoms with Crippen molar-refractivity contribution in [3.05, 3.63) is 29.6 Å². The minimum Gasteiger partial charge on any atom is -0.393 e. The highest BCUT2D eigenvalue weighted by atomic mass is 16.3. The lowest BCUT2D eigenvalue weighted by molar-refractivity contribution is 0.0682. The van der Waals surface area contributed by atoms with Crippen LogP contribution < -0.4 is 0 Å². The number of likely N-dealkylation sites (tertiary alicyclic amines) is 1. The Bertz CT molecular complexity index is 705. The van der Waals surface area contributed by atoms with Crippen molar-refractivity contribution in [1.29, 1.82) is 0 Å². The molecule has 1 aromatic heterocycles. The Hall–Kier alpha value is -1.88. The molecule has 5 heteroatoms. The van der Waals surface area contributed by atoms with Gasteiger partial charge in [0.2, 0.25) is 0 Å². The second-order valence-electron chi connectivity index (χ2n) is 6.30. The zero-order valence-electron chi connectivity index (χ0n) is 13.4. The van der Waals surface area contributed by atoms with E-state index in [1.54, 1.807) is 6.92 Å². The third kappa shape index (κ3) is 2.61. The van der Waals surface area contributed by atoms with Gasteiger partial charge in [-0.05, 0) is 51.3 Å². The number of amides is 1. The third-order valence-electron chi connectivity index (χ3n) is 4.60. The number of aryl methyl sites for hydroxylation is 2. The number of carbonyl (C=O) groups excluding carboxylic acids is 1. The average molecular weight is 301 g/mol. The average Bonchev–Trinajstić information content (AvgIpc) is 3.03. The van der Waals surface area contributed by atoms with Crippen LogP contribution in [0.2, 0.25) is 0 Å². The number of carbonyl (C=O) groups is 1. The molecule has 0 aliphatic carbocycles. The maximum absolute atomic E-state index is 12.8. The summed E-state index contributed by atoms with van der Waals surface area (Å²) in [4.78, 5) is 19.2. The fourth-order valence-electron chi connectivity index (χ4n) is 3.36. The number of benzene rings is 1. The van der Waals surface area contributed by atoms with Crippen LogP contribution in [0.1, 0.15) is 42.4 Å². The van der Waals surface area contributed by atoms with Crippen LogP contribution in [0.5, 0.6) is 0 Å². The topological polar surface area (TPSA) is 58.4 Å². The molecule has 0 bridgehead atoms. The fourth-order valence-corrected chi connectivity index (χ4v) is 3.36. The number of hydrogen-bond acceptors (Lipinski definition) is 3. The Kier molecular flexibility index (Phi) is 3.91. The highest BCUT2D eigenvalue weighted by Crippen LogP contribution is 2.25. The van der Waals surface area contributed by atoms with Gasteiger partial charge in [-0.2, -0.15) is 0 Å². The smallest absolute Gasteiger partial charge is 0.254 e. The molecular formula is C17H23N3O2. The molecule has 1 amide bonds. The van der Waals surface area contributed by atoms with Crippen LogP contribution in [-0.4, -0.2) is 44.2 Å². The molecule has 1 N–H and O–H groups in total. The quantitative estimate of drug-likeness (QED) is 0.946. The van der Waals surface area contributed by atoms with Crippen LogP contribution >= 0.6 is 0 Å². The van der Waals surface area contributed by atoms with Crippen LogP contribution in [-0.2, 0) is 7.05 Å². The second kappa shape index (κ2) is 5.72. The first-order valence-corrected chi connectivity index (χ1v) is 7.89. The number of hydrogen-bond donors (Lipinski definition) is 1. The number of aromatic nitrogens is 2. The summed E-state index contributed by atoms with van der Waals surface area (Å²) in [6.45, 7) is 4.51. The van der Waals surface area contributed by atoms with E-state index < -0.39 is 0 Å². The molecule has 3 rings (SSSR count). The summed E-state index contributed by atoms with van der Waals surface area (Å²) in [6.07, 6.45) is 2.26. The largest absolute Gasteiger partial charge is 0.393 e. The molecule has 2 aromatic rings. The predicted molar refractivity (Wildman–Crippen MR) is 85.8 cm³/mol. The molecule has 2 heterocycles. The fraction of sp³-hybridized carbons (Fsp3) is 0.529. The summed E-state index contributed by atoms with van der Waals surface area (Å²) in [5, 5.41) is 9.61. The predicted octanol–water partition coefficient (Wildman–Crippen LogP) is 2.26. The molecule has 1 aliphatic rings.